The SMILES string of the molecule is CC(N)CCCC(C)C(=O)c1ccc(Br)c(Cl)c1F. The van der Waals surface area contributed by atoms with Crippen LogP contribution in [0.15, 0.2) is 16.6 Å². The summed E-state index contributed by atoms with van der Waals surface area (Å²) in [5.74, 6) is -1.10. The highest BCUT2D eigenvalue weighted by Gasteiger charge is 2.21. The normalized spacial score (nSPS) is 14.2. The Morgan fingerprint density at radius 1 is 1.42 bits per heavy atom. The fourth-order valence-corrected chi connectivity index (χ4v) is 2.33. The highest BCUT2D eigenvalue weighted by Crippen LogP contribution is 2.29. The summed E-state index contributed by atoms with van der Waals surface area (Å²) in [5, 5.41) is -0.0476. The minimum absolute atomic E-state index is 0.0476. The third-order valence-corrected chi connectivity index (χ3v) is 4.30. The Balaban J connectivity index is 2.75. The van der Waals surface area contributed by atoms with Gasteiger partial charge in [0.15, 0.2) is 11.6 Å². The summed E-state index contributed by atoms with van der Waals surface area (Å²) in [7, 11) is 0. The van der Waals surface area contributed by atoms with E-state index < -0.39 is 5.82 Å². The maximum Gasteiger partial charge on any atom is 0.168 e. The molecule has 0 bridgehead atoms. The molecule has 2 nitrogen and oxygen atoms in total. The summed E-state index contributed by atoms with van der Waals surface area (Å²) >= 11 is 8.91. The summed E-state index contributed by atoms with van der Waals surface area (Å²) in [6.45, 7) is 3.74. The standard InChI is InChI=1S/C14H18BrClFNO/c1-8(4-3-5-9(2)18)14(19)10-6-7-11(15)12(16)13(10)17/h6-9H,3-5,18H2,1-2H3. The minimum atomic E-state index is -0.653. The van der Waals surface area contributed by atoms with E-state index in [0.29, 0.717) is 10.9 Å². The summed E-state index contributed by atoms with van der Waals surface area (Å²) in [4.78, 5) is 12.2. The van der Waals surface area contributed by atoms with Crippen LogP contribution in [0, 0.1) is 11.7 Å². The quantitative estimate of drug-likeness (QED) is 0.603. The molecule has 0 aromatic heterocycles. The van der Waals surface area contributed by atoms with Crippen LogP contribution in [0.3, 0.4) is 0 Å². The summed E-state index contributed by atoms with van der Waals surface area (Å²) in [6, 6.07) is 3.18. The topological polar surface area (TPSA) is 43.1 Å². The van der Waals surface area contributed by atoms with Gasteiger partial charge in [-0.25, -0.2) is 4.39 Å². The van der Waals surface area contributed by atoms with Crippen LogP contribution in [-0.2, 0) is 0 Å². The molecule has 1 aromatic carbocycles. The number of rotatable bonds is 6. The predicted molar refractivity (Wildman–Crippen MR) is 80.1 cm³/mol. The molecular weight excluding hydrogens is 333 g/mol. The van der Waals surface area contributed by atoms with E-state index in [0.717, 1.165) is 12.8 Å². The number of nitrogens with two attached hydrogens (primary N) is 1. The maximum atomic E-state index is 13.9. The average Bonchev–Trinajstić information content (AvgIpc) is 2.35. The molecule has 19 heavy (non-hydrogen) atoms. The highest BCUT2D eigenvalue weighted by molar-refractivity contribution is 9.10. The molecular formula is C14H18BrClFNO. The second-order valence-electron chi connectivity index (χ2n) is 4.90. The van der Waals surface area contributed by atoms with Crippen LogP contribution in [0.1, 0.15) is 43.5 Å². The molecule has 0 spiro atoms. The monoisotopic (exact) mass is 349 g/mol. The molecule has 0 aliphatic heterocycles. The zero-order chi connectivity index (χ0) is 14.6. The van der Waals surface area contributed by atoms with Crippen LogP contribution in [0.25, 0.3) is 0 Å². The van der Waals surface area contributed by atoms with Gasteiger partial charge in [0, 0.05) is 16.4 Å². The first-order valence-corrected chi connectivity index (χ1v) is 7.45. The van der Waals surface area contributed by atoms with Crippen LogP contribution in [0.2, 0.25) is 5.02 Å². The number of Topliss-reactive ketones (excluding diaryl/α,β-unsaturated/α-hetero) is 1. The van der Waals surface area contributed by atoms with E-state index in [-0.39, 0.29) is 28.3 Å². The number of carbonyl (C=O) groups is 1. The minimum Gasteiger partial charge on any atom is -0.328 e. The molecule has 0 radical (unpaired) electrons. The van der Waals surface area contributed by atoms with E-state index in [4.69, 9.17) is 17.3 Å². The molecule has 2 atom stereocenters. The molecule has 0 saturated carbocycles. The smallest absolute Gasteiger partial charge is 0.168 e. The first-order chi connectivity index (χ1) is 8.84. The molecule has 0 amide bonds. The van der Waals surface area contributed by atoms with Crippen LogP contribution in [0.5, 0.6) is 0 Å². The van der Waals surface area contributed by atoms with Crippen molar-refractivity contribution in [3.8, 4) is 0 Å². The van der Waals surface area contributed by atoms with E-state index in [1.165, 1.54) is 6.07 Å². The number of hydrogen-bond donors (Lipinski definition) is 1. The maximum absolute atomic E-state index is 13.9. The molecule has 5 heteroatoms. The number of ketones is 1. The summed E-state index contributed by atoms with van der Waals surface area (Å²) in [6.07, 6.45) is 2.42. The molecule has 1 aromatic rings. The molecule has 0 heterocycles. The van der Waals surface area contributed by atoms with E-state index in [1.54, 1.807) is 13.0 Å². The van der Waals surface area contributed by atoms with Gasteiger partial charge in [0.25, 0.3) is 0 Å². The van der Waals surface area contributed by atoms with Crippen molar-refractivity contribution in [1.29, 1.82) is 0 Å². The third-order valence-electron chi connectivity index (χ3n) is 3.04. The van der Waals surface area contributed by atoms with Gasteiger partial charge in [0.1, 0.15) is 0 Å². The van der Waals surface area contributed by atoms with Gasteiger partial charge >= 0.3 is 0 Å². The van der Waals surface area contributed by atoms with Gasteiger partial charge in [-0.2, -0.15) is 0 Å². The first-order valence-electron chi connectivity index (χ1n) is 6.27. The number of halogens is 3. The number of carbonyl (C=O) groups excluding carboxylic acids is 1. The van der Waals surface area contributed by atoms with E-state index in [2.05, 4.69) is 15.9 Å². The van der Waals surface area contributed by atoms with Crippen molar-refractivity contribution in [1.82, 2.24) is 0 Å². The second kappa shape index (κ2) is 7.36. The van der Waals surface area contributed by atoms with Crippen molar-refractivity contribution < 1.29 is 9.18 Å². The van der Waals surface area contributed by atoms with Gasteiger partial charge in [0.2, 0.25) is 0 Å². The zero-order valence-corrected chi connectivity index (χ0v) is 13.4. The Morgan fingerprint density at radius 3 is 2.63 bits per heavy atom. The van der Waals surface area contributed by atoms with E-state index in [9.17, 15) is 9.18 Å². The lowest BCUT2D eigenvalue weighted by Crippen LogP contribution is -2.17. The Bertz CT molecular complexity index is 465. The fraction of sp³-hybridized carbons (Fsp3) is 0.500. The van der Waals surface area contributed by atoms with Crippen molar-refractivity contribution >= 4 is 33.3 Å². The molecule has 0 saturated heterocycles. The highest BCUT2D eigenvalue weighted by atomic mass is 79.9. The van der Waals surface area contributed by atoms with Gasteiger partial charge in [-0.3, -0.25) is 4.79 Å². The average molecular weight is 351 g/mol. The van der Waals surface area contributed by atoms with Gasteiger partial charge in [0.05, 0.1) is 10.6 Å². The molecule has 0 fully saturated rings. The van der Waals surface area contributed by atoms with E-state index in [1.807, 2.05) is 6.92 Å². The van der Waals surface area contributed by atoms with Gasteiger partial charge in [-0.05, 0) is 47.8 Å². The van der Waals surface area contributed by atoms with Crippen LogP contribution in [-0.4, -0.2) is 11.8 Å². The molecule has 1 rings (SSSR count). The fourth-order valence-electron chi connectivity index (χ4n) is 1.86. The Morgan fingerprint density at radius 2 is 2.05 bits per heavy atom. The Hall–Kier alpha value is -0.450. The lowest BCUT2D eigenvalue weighted by Gasteiger charge is -2.13. The summed E-state index contributed by atoms with van der Waals surface area (Å²) < 4.78 is 14.4. The van der Waals surface area contributed by atoms with Crippen molar-refractivity contribution in [3.05, 3.63) is 33.0 Å². The largest absolute Gasteiger partial charge is 0.328 e. The molecule has 2 unspecified atom stereocenters. The molecule has 106 valence electrons. The van der Waals surface area contributed by atoms with E-state index >= 15 is 0 Å². The summed E-state index contributed by atoms with van der Waals surface area (Å²) in [5.41, 5.74) is 5.72. The molecule has 2 N–H and O–H groups in total. The van der Waals surface area contributed by atoms with Gasteiger partial charge in [-0.1, -0.05) is 24.9 Å². The van der Waals surface area contributed by atoms with Crippen molar-refractivity contribution in [2.24, 2.45) is 11.7 Å². The van der Waals surface area contributed by atoms with Crippen molar-refractivity contribution in [2.45, 2.75) is 39.2 Å². The lowest BCUT2D eigenvalue weighted by atomic mass is 9.93. The molecule has 0 aliphatic rings. The zero-order valence-electron chi connectivity index (χ0n) is 11.1. The number of hydrogen-bond acceptors (Lipinski definition) is 2. The first kappa shape index (κ1) is 16.6. The Labute approximate surface area is 126 Å². The Kier molecular flexibility index (Phi) is 6.43. The third kappa shape index (κ3) is 4.55. The second-order valence-corrected chi connectivity index (χ2v) is 6.13. The molecule has 0 aliphatic carbocycles. The number of benzene rings is 1. The lowest BCUT2D eigenvalue weighted by molar-refractivity contribution is 0.0918. The van der Waals surface area contributed by atoms with Crippen LogP contribution >= 0.6 is 27.5 Å². The van der Waals surface area contributed by atoms with Crippen LogP contribution in [0.4, 0.5) is 4.39 Å². The van der Waals surface area contributed by atoms with Crippen molar-refractivity contribution in [2.75, 3.05) is 0 Å². The van der Waals surface area contributed by atoms with Gasteiger partial charge < -0.3 is 5.73 Å². The van der Waals surface area contributed by atoms with Crippen molar-refractivity contribution in [3.63, 3.8) is 0 Å². The van der Waals surface area contributed by atoms with Crippen LogP contribution < -0.4 is 5.73 Å². The van der Waals surface area contributed by atoms with Gasteiger partial charge in [-0.15, -0.1) is 0 Å². The predicted octanol–water partition coefficient (Wildman–Crippen LogP) is 4.58.